The zero-order chi connectivity index (χ0) is 14.4. The molecule has 0 aromatic heterocycles. The molecule has 4 nitrogen and oxygen atoms in total. The van der Waals surface area contributed by atoms with Crippen molar-refractivity contribution in [1.29, 1.82) is 0 Å². The smallest absolute Gasteiger partial charge is 0.307 e. The summed E-state index contributed by atoms with van der Waals surface area (Å²) in [7, 11) is 3.61. The van der Waals surface area contributed by atoms with E-state index in [-0.39, 0.29) is 5.92 Å². The van der Waals surface area contributed by atoms with E-state index in [9.17, 15) is 4.79 Å². The average Bonchev–Trinajstić information content (AvgIpc) is 2.35. The lowest BCUT2D eigenvalue weighted by Crippen LogP contribution is -2.29. The van der Waals surface area contributed by atoms with E-state index in [1.165, 1.54) is 5.56 Å². The van der Waals surface area contributed by atoms with Crippen molar-refractivity contribution in [2.75, 3.05) is 20.7 Å². The van der Waals surface area contributed by atoms with Gasteiger partial charge in [0.2, 0.25) is 0 Å². The molecule has 0 bridgehead atoms. The lowest BCUT2D eigenvalue weighted by atomic mass is 10.1. The summed E-state index contributed by atoms with van der Waals surface area (Å²) >= 11 is 0. The van der Waals surface area contributed by atoms with Crippen LogP contribution in [0.15, 0.2) is 18.2 Å². The fraction of sp³-hybridized carbons (Fsp3) is 0.533. The molecule has 1 N–H and O–H groups in total. The van der Waals surface area contributed by atoms with Gasteiger partial charge in [-0.25, -0.2) is 0 Å². The van der Waals surface area contributed by atoms with E-state index in [0.717, 1.165) is 17.9 Å². The van der Waals surface area contributed by atoms with E-state index in [1.807, 2.05) is 37.9 Å². The molecule has 0 aliphatic rings. The van der Waals surface area contributed by atoms with E-state index in [2.05, 4.69) is 6.07 Å². The van der Waals surface area contributed by atoms with Gasteiger partial charge in [-0.1, -0.05) is 19.1 Å². The number of hydrogen-bond acceptors (Lipinski definition) is 3. The Balaban J connectivity index is 2.64. The lowest BCUT2D eigenvalue weighted by Gasteiger charge is -2.21. The van der Waals surface area contributed by atoms with Gasteiger partial charge < -0.3 is 14.7 Å². The van der Waals surface area contributed by atoms with Crippen LogP contribution in [-0.4, -0.2) is 36.7 Å². The number of hydrogen-bond donors (Lipinski definition) is 1. The Labute approximate surface area is 115 Å². The van der Waals surface area contributed by atoms with Gasteiger partial charge in [-0.3, -0.25) is 4.79 Å². The van der Waals surface area contributed by atoms with Gasteiger partial charge in [-0.05, 0) is 37.6 Å². The summed E-state index contributed by atoms with van der Waals surface area (Å²) in [5.74, 6) is -0.145. The summed E-state index contributed by atoms with van der Waals surface area (Å²) in [5, 5.41) is 9.06. The fourth-order valence-corrected chi connectivity index (χ4v) is 2.17. The van der Waals surface area contributed by atoms with Crippen molar-refractivity contribution in [2.24, 2.45) is 5.92 Å². The number of rotatable bonds is 7. The molecular formula is C15H23NO3. The maximum Gasteiger partial charge on any atom is 0.307 e. The molecule has 19 heavy (non-hydrogen) atoms. The van der Waals surface area contributed by atoms with Gasteiger partial charge in [0.1, 0.15) is 5.75 Å². The largest absolute Gasteiger partial charge is 0.496 e. The lowest BCUT2D eigenvalue weighted by molar-refractivity contribution is -0.142. The highest BCUT2D eigenvalue weighted by molar-refractivity contribution is 5.70. The fourth-order valence-electron chi connectivity index (χ4n) is 2.17. The first-order chi connectivity index (χ1) is 8.97. The molecule has 0 amide bonds. The Bertz CT molecular complexity index is 431. The van der Waals surface area contributed by atoms with Crippen molar-refractivity contribution in [1.82, 2.24) is 4.90 Å². The van der Waals surface area contributed by atoms with Gasteiger partial charge >= 0.3 is 5.97 Å². The topological polar surface area (TPSA) is 49.8 Å². The maximum absolute atomic E-state index is 11.0. The quantitative estimate of drug-likeness (QED) is 0.823. The van der Waals surface area contributed by atoms with E-state index >= 15 is 0 Å². The third-order valence-corrected chi connectivity index (χ3v) is 3.29. The second kappa shape index (κ2) is 7.14. The van der Waals surface area contributed by atoms with Gasteiger partial charge in [0.05, 0.1) is 13.0 Å². The Morgan fingerprint density at radius 1 is 1.47 bits per heavy atom. The molecule has 0 spiro atoms. The number of ether oxygens (including phenoxy) is 1. The van der Waals surface area contributed by atoms with Crippen LogP contribution in [-0.2, 0) is 11.3 Å². The van der Waals surface area contributed by atoms with Crippen LogP contribution in [0.5, 0.6) is 5.75 Å². The molecule has 1 unspecified atom stereocenters. The highest BCUT2D eigenvalue weighted by atomic mass is 16.5. The first kappa shape index (κ1) is 15.5. The summed E-state index contributed by atoms with van der Waals surface area (Å²) in [6.07, 6.45) is 0.654. The summed E-state index contributed by atoms with van der Waals surface area (Å²) in [4.78, 5) is 13.1. The zero-order valence-corrected chi connectivity index (χ0v) is 12.1. The molecule has 1 aromatic carbocycles. The highest BCUT2D eigenvalue weighted by Crippen LogP contribution is 2.19. The van der Waals surface area contributed by atoms with Crippen LogP contribution in [0.25, 0.3) is 0 Å². The van der Waals surface area contributed by atoms with Gasteiger partial charge in [-0.15, -0.1) is 0 Å². The molecular weight excluding hydrogens is 242 g/mol. The summed E-state index contributed by atoms with van der Waals surface area (Å²) in [5.41, 5.74) is 2.26. The van der Waals surface area contributed by atoms with Crippen LogP contribution < -0.4 is 4.74 Å². The minimum atomic E-state index is -0.722. The second-order valence-electron chi connectivity index (χ2n) is 4.94. The molecule has 0 radical (unpaired) electrons. The van der Waals surface area contributed by atoms with Crippen molar-refractivity contribution in [3.05, 3.63) is 29.3 Å². The SMILES string of the molecule is CCC(CN(C)Cc1ccc(OC)c(C)c1)C(=O)O. The maximum atomic E-state index is 11.0. The van der Waals surface area contributed by atoms with Crippen LogP contribution in [0.3, 0.4) is 0 Å². The number of aliphatic carboxylic acids is 1. The number of carboxylic acid groups (broad SMARTS) is 1. The second-order valence-corrected chi connectivity index (χ2v) is 4.94. The summed E-state index contributed by atoms with van der Waals surface area (Å²) in [6, 6.07) is 6.05. The first-order valence-electron chi connectivity index (χ1n) is 6.52. The van der Waals surface area contributed by atoms with Crippen molar-refractivity contribution >= 4 is 5.97 Å². The summed E-state index contributed by atoms with van der Waals surface area (Å²) in [6.45, 7) is 5.23. The Kier molecular flexibility index (Phi) is 5.83. The minimum Gasteiger partial charge on any atom is -0.496 e. The third kappa shape index (κ3) is 4.56. The summed E-state index contributed by atoms with van der Waals surface area (Å²) < 4.78 is 5.23. The standard InChI is InChI=1S/C15H23NO3/c1-5-13(15(17)18)10-16(3)9-12-6-7-14(19-4)11(2)8-12/h6-8,13H,5,9-10H2,1-4H3,(H,17,18). The molecule has 0 aliphatic carbocycles. The molecule has 0 fully saturated rings. The Morgan fingerprint density at radius 2 is 2.16 bits per heavy atom. The predicted octanol–water partition coefficient (Wildman–Crippen LogP) is 2.55. The van der Waals surface area contributed by atoms with Crippen molar-refractivity contribution in [2.45, 2.75) is 26.8 Å². The number of carbonyl (C=O) groups is 1. The van der Waals surface area contributed by atoms with Gasteiger partial charge in [-0.2, -0.15) is 0 Å². The monoisotopic (exact) mass is 265 g/mol. The number of carboxylic acids is 1. The van der Waals surface area contributed by atoms with Crippen LogP contribution in [0.1, 0.15) is 24.5 Å². The molecule has 1 rings (SSSR count). The molecule has 0 saturated heterocycles. The van der Waals surface area contributed by atoms with Gasteiger partial charge in [0.15, 0.2) is 0 Å². The van der Waals surface area contributed by atoms with E-state index in [0.29, 0.717) is 13.0 Å². The van der Waals surface area contributed by atoms with Crippen molar-refractivity contribution < 1.29 is 14.6 Å². The van der Waals surface area contributed by atoms with E-state index < -0.39 is 5.97 Å². The molecule has 0 heterocycles. The van der Waals surface area contributed by atoms with Crippen molar-refractivity contribution in [3.8, 4) is 5.75 Å². The molecule has 0 saturated carbocycles. The molecule has 1 aromatic rings. The van der Waals surface area contributed by atoms with Gasteiger partial charge in [0, 0.05) is 13.1 Å². The Hall–Kier alpha value is -1.55. The minimum absolute atomic E-state index is 0.302. The normalized spacial score (nSPS) is 12.5. The van der Waals surface area contributed by atoms with E-state index in [4.69, 9.17) is 9.84 Å². The number of nitrogens with zero attached hydrogens (tertiary/aromatic N) is 1. The van der Waals surface area contributed by atoms with Gasteiger partial charge in [0.25, 0.3) is 0 Å². The zero-order valence-electron chi connectivity index (χ0n) is 12.1. The molecule has 0 aliphatic heterocycles. The molecule has 106 valence electrons. The van der Waals surface area contributed by atoms with E-state index in [1.54, 1.807) is 7.11 Å². The first-order valence-corrected chi connectivity index (χ1v) is 6.52. The number of aryl methyl sites for hydroxylation is 1. The Morgan fingerprint density at radius 3 is 2.63 bits per heavy atom. The van der Waals surface area contributed by atoms with Crippen LogP contribution in [0.2, 0.25) is 0 Å². The van der Waals surface area contributed by atoms with Crippen molar-refractivity contribution in [3.63, 3.8) is 0 Å². The highest BCUT2D eigenvalue weighted by Gasteiger charge is 2.17. The van der Waals surface area contributed by atoms with Crippen LogP contribution in [0, 0.1) is 12.8 Å². The number of methoxy groups -OCH3 is 1. The predicted molar refractivity (Wildman–Crippen MR) is 75.5 cm³/mol. The van der Waals surface area contributed by atoms with Crippen LogP contribution >= 0.6 is 0 Å². The molecule has 4 heteroatoms. The van der Waals surface area contributed by atoms with Crippen LogP contribution in [0.4, 0.5) is 0 Å². The third-order valence-electron chi connectivity index (χ3n) is 3.29. The molecule has 1 atom stereocenters. The average molecular weight is 265 g/mol. The number of benzene rings is 1.